The molecule has 2 aliphatic rings. The van der Waals surface area contributed by atoms with Crippen LogP contribution in [0.1, 0.15) is 23.2 Å². The molecule has 0 aromatic carbocycles. The smallest absolute Gasteiger partial charge is 0.248 e. The van der Waals surface area contributed by atoms with Gasteiger partial charge >= 0.3 is 0 Å². The predicted octanol–water partition coefficient (Wildman–Crippen LogP) is 3.06. The number of fused-ring (bicyclic) bond motifs is 2. The lowest BCUT2D eigenvalue weighted by molar-refractivity contribution is 0.103. The molecule has 3 N–H and O–H groups in total. The zero-order valence-corrected chi connectivity index (χ0v) is 21.3. The topological polar surface area (TPSA) is 114 Å². The maximum absolute atomic E-state index is 6.22. The lowest BCUT2D eigenvalue weighted by Crippen LogP contribution is -2.50. The second-order valence-electron chi connectivity index (χ2n) is 9.31. The fourth-order valence-electron chi connectivity index (χ4n) is 4.96. The van der Waals surface area contributed by atoms with Crippen LogP contribution in [0.2, 0.25) is 5.28 Å². The largest absolute Gasteiger partial charge is 0.368 e. The lowest BCUT2D eigenvalue weighted by Gasteiger charge is -2.39. The van der Waals surface area contributed by atoms with E-state index in [2.05, 4.69) is 48.3 Å². The summed E-state index contributed by atoms with van der Waals surface area (Å²) in [5, 5.41) is 10.0. The molecule has 12 heteroatoms. The first-order chi connectivity index (χ1) is 16.9. The van der Waals surface area contributed by atoms with Gasteiger partial charge in [0.25, 0.3) is 0 Å². The van der Waals surface area contributed by atoms with Gasteiger partial charge < -0.3 is 16.0 Å². The number of rotatable bonds is 4. The number of anilines is 3. The normalized spacial score (nSPS) is 19.2. The summed E-state index contributed by atoms with van der Waals surface area (Å²) in [6.07, 6.45) is 5.03. The number of hydrogen-bond donors (Lipinski definition) is 2. The van der Waals surface area contributed by atoms with Crippen LogP contribution in [0.15, 0.2) is 17.6 Å². The highest BCUT2D eigenvalue weighted by atomic mass is 35.5. The van der Waals surface area contributed by atoms with Gasteiger partial charge in [0.1, 0.15) is 0 Å². The Morgan fingerprint density at radius 2 is 2.00 bits per heavy atom. The van der Waals surface area contributed by atoms with Gasteiger partial charge in [-0.3, -0.25) is 9.88 Å². The molecule has 6 rings (SSSR count). The van der Waals surface area contributed by atoms with E-state index in [0.717, 1.165) is 66.9 Å². The van der Waals surface area contributed by atoms with Gasteiger partial charge in [-0.05, 0) is 67.4 Å². The average molecular weight is 511 g/mol. The molecule has 0 amide bonds. The van der Waals surface area contributed by atoms with Gasteiger partial charge in [0.15, 0.2) is 5.82 Å². The molecule has 35 heavy (non-hydrogen) atoms. The molecule has 0 spiro atoms. The SMILES string of the molecule is Cc1csc2c(-n3nc(Nc4cnc5c(c4)CC(N4CCN(C)CC4)CC5)nc3N)nc(Cl)nc12. The molecular formula is C23H27ClN10S. The van der Waals surface area contributed by atoms with E-state index in [0.29, 0.717) is 17.8 Å². The van der Waals surface area contributed by atoms with Crippen molar-refractivity contribution in [3.05, 3.63) is 39.7 Å². The Kier molecular flexibility index (Phi) is 5.79. The Morgan fingerprint density at radius 3 is 2.83 bits per heavy atom. The second-order valence-corrected chi connectivity index (χ2v) is 10.5. The Morgan fingerprint density at radius 1 is 1.17 bits per heavy atom. The van der Waals surface area contributed by atoms with E-state index in [1.807, 2.05) is 18.5 Å². The zero-order chi connectivity index (χ0) is 24.1. The standard InChI is InChI=1S/C23H27ClN10S/c1-13-12-35-19-18(13)28-21(24)29-20(19)34-22(25)30-23(31-34)27-15-9-14-10-16(3-4-17(14)26-11-15)33-7-5-32(2)6-8-33/h9,11-12,16H,3-8,10H2,1-2H3,(H3,25,27,30,31). The third kappa shape index (κ3) is 4.33. The number of aromatic nitrogens is 6. The van der Waals surface area contributed by atoms with Crippen LogP contribution in [-0.2, 0) is 12.8 Å². The maximum Gasteiger partial charge on any atom is 0.248 e. The van der Waals surface area contributed by atoms with Crippen molar-refractivity contribution in [1.29, 1.82) is 0 Å². The predicted molar refractivity (Wildman–Crippen MR) is 139 cm³/mol. The fourth-order valence-corrected chi connectivity index (χ4v) is 6.09. The molecule has 1 unspecified atom stereocenters. The summed E-state index contributed by atoms with van der Waals surface area (Å²) in [6, 6.07) is 2.74. The molecule has 4 aromatic heterocycles. The highest BCUT2D eigenvalue weighted by molar-refractivity contribution is 7.17. The third-order valence-corrected chi connectivity index (χ3v) is 8.17. The van der Waals surface area contributed by atoms with Crippen molar-refractivity contribution >= 4 is 50.7 Å². The maximum atomic E-state index is 6.22. The summed E-state index contributed by atoms with van der Waals surface area (Å²) < 4.78 is 2.36. The number of thiophene rings is 1. The number of nitrogens with one attached hydrogen (secondary N) is 1. The number of nitrogens with two attached hydrogens (primary N) is 1. The number of hydrogen-bond acceptors (Lipinski definition) is 10. The third-order valence-electron chi connectivity index (χ3n) is 6.92. The fraction of sp³-hybridized carbons (Fsp3) is 0.435. The van der Waals surface area contributed by atoms with Gasteiger partial charge in [-0.1, -0.05) is 0 Å². The van der Waals surface area contributed by atoms with E-state index < -0.39 is 0 Å². The Bertz CT molecular complexity index is 1390. The number of nitrogens with zero attached hydrogens (tertiary/aromatic N) is 8. The van der Waals surface area contributed by atoms with Crippen molar-refractivity contribution in [1.82, 2.24) is 39.5 Å². The van der Waals surface area contributed by atoms with E-state index in [9.17, 15) is 0 Å². The van der Waals surface area contributed by atoms with Crippen LogP contribution in [0.4, 0.5) is 17.6 Å². The Labute approximate surface area is 212 Å². The number of piperazine rings is 1. The summed E-state index contributed by atoms with van der Waals surface area (Å²) in [7, 11) is 2.20. The number of likely N-dealkylation sites (N-methyl/N-ethyl adjacent to an activating group) is 1. The second kappa shape index (κ2) is 8.98. The minimum absolute atomic E-state index is 0.146. The lowest BCUT2D eigenvalue weighted by atomic mass is 9.90. The monoisotopic (exact) mass is 510 g/mol. The molecule has 1 saturated heterocycles. The summed E-state index contributed by atoms with van der Waals surface area (Å²) in [4.78, 5) is 22.9. The summed E-state index contributed by atoms with van der Waals surface area (Å²) >= 11 is 7.71. The highest BCUT2D eigenvalue weighted by Gasteiger charge is 2.27. The quantitative estimate of drug-likeness (QED) is 0.400. The van der Waals surface area contributed by atoms with Crippen LogP contribution in [-0.4, -0.2) is 78.8 Å². The molecule has 0 bridgehead atoms. The summed E-state index contributed by atoms with van der Waals surface area (Å²) in [6.45, 7) is 6.52. The zero-order valence-electron chi connectivity index (χ0n) is 19.7. The van der Waals surface area contributed by atoms with E-state index in [1.54, 1.807) is 0 Å². The van der Waals surface area contributed by atoms with Crippen molar-refractivity contribution in [2.45, 2.75) is 32.2 Å². The van der Waals surface area contributed by atoms with Crippen LogP contribution in [0.3, 0.4) is 0 Å². The molecule has 5 heterocycles. The van der Waals surface area contributed by atoms with Crippen molar-refractivity contribution in [3.8, 4) is 5.82 Å². The van der Waals surface area contributed by atoms with Gasteiger partial charge in [-0.2, -0.15) is 14.6 Å². The average Bonchev–Trinajstić information content (AvgIpc) is 3.40. The molecule has 10 nitrogen and oxygen atoms in total. The molecule has 1 atom stereocenters. The van der Waals surface area contributed by atoms with Crippen molar-refractivity contribution in [3.63, 3.8) is 0 Å². The first-order valence-electron chi connectivity index (χ1n) is 11.8. The number of halogens is 1. The van der Waals surface area contributed by atoms with E-state index in [1.165, 1.54) is 27.3 Å². The van der Waals surface area contributed by atoms with Gasteiger partial charge in [0.2, 0.25) is 17.2 Å². The van der Waals surface area contributed by atoms with Gasteiger partial charge in [-0.25, -0.2) is 4.98 Å². The van der Waals surface area contributed by atoms with Crippen LogP contribution in [0.25, 0.3) is 16.0 Å². The first kappa shape index (κ1) is 22.6. The van der Waals surface area contributed by atoms with E-state index in [-0.39, 0.29) is 11.2 Å². The van der Waals surface area contributed by atoms with E-state index in [4.69, 9.17) is 22.3 Å². The van der Waals surface area contributed by atoms with Crippen LogP contribution < -0.4 is 11.1 Å². The molecule has 0 radical (unpaired) electrons. The molecule has 182 valence electrons. The first-order valence-corrected chi connectivity index (χ1v) is 13.0. The van der Waals surface area contributed by atoms with Crippen molar-refractivity contribution in [2.24, 2.45) is 0 Å². The molecule has 1 aliphatic carbocycles. The Balaban J connectivity index is 1.24. The number of aryl methyl sites for hydroxylation is 2. The van der Waals surface area contributed by atoms with Crippen LogP contribution in [0, 0.1) is 6.92 Å². The van der Waals surface area contributed by atoms with Gasteiger partial charge in [0.05, 0.1) is 22.1 Å². The minimum atomic E-state index is 0.146. The highest BCUT2D eigenvalue weighted by Crippen LogP contribution is 2.31. The van der Waals surface area contributed by atoms with Crippen LogP contribution in [0.5, 0.6) is 0 Å². The van der Waals surface area contributed by atoms with Gasteiger partial charge in [-0.15, -0.1) is 16.4 Å². The molecule has 0 saturated carbocycles. The molecule has 1 fully saturated rings. The molecule has 1 aliphatic heterocycles. The number of nitrogen functional groups attached to an aromatic ring is 1. The van der Waals surface area contributed by atoms with Gasteiger partial charge in [0, 0.05) is 37.9 Å². The molecular weight excluding hydrogens is 484 g/mol. The number of pyridine rings is 1. The summed E-state index contributed by atoms with van der Waals surface area (Å²) in [5.41, 5.74) is 11.4. The summed E-state index contributed by atoms with van der Waals surface area (Å²) in [5.74, 6) is 1.12. The van der Waals surface area contributed by atoms with E-state index >= 15 is 0 Å². The van der Waals surface area contributed by atoms with Crippen LogP contribution >= 0.6 is 22.9 Å². The minimum Gasteiger partial charge on any atom is -0.368 e. The van der Waals surface area contributed by atoms with Crippen molar-refractivity contribution in [2.75, 3.05) is 44.3 Å². The Hall–Kier alpha value is -2.86. The molecule has 4 aromatic rings. The van der Waals surface area contributed by atoms with Crippen molar-refractivity contribution < 1.29 is 0 Å².